The van der Waals surface area contributed by atoms with Gasteiger partial charge < -0.3 is 19.2 Å². The molecule has 2 heterocycles. The predicted molar refractivity (Wildman–Crippen MR) is 99.9 cm³/mol. The standard InChI is InChI=1S/C20H23N3O4/c1-15-9-12-23(22-15)11-4-10-21-20(24)19-8-7-18(27-19)14-26-17-6-3-5-16(13-17)25-2/h3,5-9,12-13H,4,10-11,14H2,1-2H3,(H,21,24). The van der Waals surface area contributed by atoms with Crippen molar-refractivity contribution in [2.24, 2.45) is 0 Å². The smallest absolute Gasteiger partial charge is 0.286 e. The fourth-order valence-electron chi connectivity index (χ4n) is 2.54. The summed E-state index contributed by atoms with van der Waals surface area (Å²) < 4.78 is 18.2. The SMILES string of the molecule is COc1cccc(OCc2ccc(C(=O)NCCCn3ccc(C)n3)o2)c1. The van der Waals surface area contributed by atoms with Gasteiger partial charge >= 0.3 is 0 Å². The Morgan fingerprint density at radius 3 is 2.85 bits per heavy atom. The first-order valence-electron chi connectivity index (χ1n) is 8.78. The van der Waals surface area contributed by atoms with Gasteiger partial charge in [0.15, 0.2) is 5.76 Å². The first-order valence-corrected chi connectivity index (χ1v) is 8.78. The van der Waals surface area contributed by atoms with Crippen molar-refractivity contribution in [3.05, 3.63) is 65.9 Å². The average Bonchev–Trinajstić information content (AvgIpc) is 3.32. The molecule has 0 unspecified atom stereocenters. The number of aromatic nitrogens is 2. The van der Waals surface area contributed by atoms with Gasteiger partial charge in [-0.2, -0.15) is 5.10 Å². The molecule has 1 aromatic carbocycles. The zero-order chi connectivity index (χ0) is 19.1. The van der Waals surface area contributed by atoms with E-state index in [1.165, 1.54) is 0 Å². The lowest BCUT2D eigenvalue weighted by Gasteiger charge is -2.06. The van der Waals surface area contributed by atoms with Crippen LogP contribution in [0, 0.1) is 6.92 Å². The molecule has 2 aromatic heterocycles. The van der Waals surface area contributed by atoms with Gasteiger partial charge in [0, 0.05) is 25.4 Å². The highest BCUT2D eigenvalue weighted by atomic mass is 16.5. The van der Waals surface area contributed by atoms with E-state index in [2.05, 4.69) is 10.4 Å². The number of carbonyl (C=O) groups excluding carboxylic acids is 1. The number of amides is 1. The Balaban J connectivity index is 1.42. The summed E-state index contributed by atoms with van der Waals surface area (Å²) in [5, 5.41) is 7.16. The minimum atomic E-state index is -0.237. The van der Waals surface area contributed by atoms with Gasteiger partial charge in [-0.15, -0.1) is 0 Å². The summed E-state index contributed by atoms with van der Waals surface area (Å²) in [4.78, 5) is 12.1. The van der Waals surface area contributed by atoms with Gasteiger partial charge in [0.2, 0.25) is 0 Å². The number of methoxy groups -OCH3 is 1. The van der Waals surface area contributed by atoms with Gasteiger partial charge in [0.05, 0.1) is 12.8 Å². The van der Waals surface area contributed by atoms with Crippen molar-refractivity contribution in [2.75, 3.05) is 13.7 Å². The Morgan fingerprint density at radius 1 is 1.22 bits per heavy atom. The normalized spacial score (nSPS) is 10.6. The molecule has 0 saturated carbocycles. The lowest BCUT2D eigenvalue weighted by Crippen LogP contribution is -2.24. The van der Waals surface area contributed by atoms with Crippen molar-refractivity contribution in [3.8, 4) is 11.5 Å². The van der Waals surface area contributed by atoms with Crippen LogP contribution in [0.1, 0.15) is 28.4 Å². The highest BCUT2D eigenvalue weighted by Gasteiger charge is 2.11. The van der Waals surface area contributed by atoms with Gasteiger partial charge in [0.1, 0.15) is 23.9 Å². The molecule has 0 spiro atoms. The number of benzene rings is 1. The molecule has 7 heteroatoms. The van der Waals surface area contributed by atoms with E-state index in [0.717, 1.165) is 24.4 Å². The summed E-state index contributed by atoms with van der Waals surface area (Å²) in [5.74, 6) is 2.01. The minimum Gasteiger partial charge on any atom is -0.497 e. The van der Waals surface area contributed by atoms with Crippen LogP contribution in [0.15, 0.2) is 53.1 Å². The van der Waals surface area contributed by atoms with E-state index in [9.17, 15) is 4.79 Å². The maximum Gasteiger partial charge on any atom is 0.286 e. The predicted octanol–water partition coefficient (Wildman–Crippen LogP) is 3.19. The fraction of sp³-hybridized carbons (Fsp3) is 0.300. The van der Waals surface area contributed by atoms with Crippen LogP contribution in [-0.4, -0.2) is 29.3 Å². The van der Waals surface area contributed by atoms with E-state index < -0.39 is 0 Å². The van der Waals surface area contributed by atoms with Crippen molar-refractivity contribution in [1.29, 1.82) is 0 Å². The van der Waals surface area contributed by atoms with Crippen LogP contribution in [-0.2, 0) is 13.2 Å². The molecule has 0 aliphatic heterocycles. The molecular weight excluding hydrogens is 346 g/mol. The monoisotopic (exact) mass is 369 g/mol. The Bertz CT molecular complexity index is 885. The van der Waals surface area contributed by atoms with E-state index in [0.29, 0.717) is 18.1 Å². The molecule has 0 fully saturated rings. The van der Waals surface area contributed by atoms with E-state index in [4.69, 9.17) is 13.9 Å². The summed E-state index contributed by atoms with van der Waals surface area (Å²) in [7, 11) is 1.60. The Morgan fingerprint density at radius 2 is 2.07 bits per heavy atom. The highest BCUT2D eigenvalue weighted by molar-refractivity contribution is 5.91. The number of aryl methyl sites for hydroxylation is 2. The molecule has 1 N–H and O–H groups in total. The number of hydrogen-bond acceptors (Lipinski definition) is 5. The van der Waals surface area contributed by atoms with Crippen molar-refractivity contribution in [1.82, 2.24) is 15.1 Å². The Hall–Kier alpha value is -3.22. The van der Waals surface area contributed by atoms with E-state index in [1.54, 1.807) is 25.3 Å². The largest absolute Gasteiger partial charge is 0.497 e. The second kappa shape index (κ2) is 8.93. The maximum absolute atomic E-state index is 12.1. The molecule has 0 radical (unpaired) electrons. The topological polar surface area (TPSA) is 78.5 Å². The lowest BCUT2D eigenvalue weighted by atomic mass is 10.3. The number of rotatable bonds is 9. The van der Waals surface area contributed by atoms with E-state index >= 15 is 0 Å². The zero-order valence-corrected chi connectivity index (χ0v) is 15.5. The van der Waals surface area contributed by atoms with Gasteiger partial charge in [-0.25, -0.2) is 0 Å². The number of hydrogen-bond donors (Lipinski definition) is 1. The number of ether oxygens (including phenoxy) is 2. The Kier molecular flexibility index (Phi) is 6.14. The first kappa shape index (κ1) is 18.6. The molecule has 142 valence electrons. The third-order valence-corrected chi connectivity index (χ3v) is 3.93. The van der Waals surface area contributed by atoms with Crippen LogP contribution in [0.2, 0.25) is 0 Å². The van der Waals surface area contributed by atoms with Crippen LogP contribution in [0.4, 0.5) is 0 Å². The third kappa shape index (κ3) is 5.37. The van der Waals surface area contributed by atoms with E-state index in [-0.39, 0.29) is 18.3 Å². The summed E-state index contributed by atoms with van der Waals surface area (Å²) in [5.41, 5.74) is 0.985. The summed E-state index contributed by atoms with van der Waals surface area (Å²) in [6, 6.07) is 12.7. The number of furan rings is 1. The molecule has 3 aromatic rings. The molecule has 3 rings (SSSR count). The molecule has 7 nitrogen and oxygen atoms in total. The molecule has 0 saturated heterocycles. The third-order valence-electron chi connectivity index (χ3n) is 3.93. The molecule has 0 atom stereocenters. The summed E-state index contributed by atoms with van der Waals surface area (Å²) in [6.45, 7) is 3.49. The maximum atomic E-state index is 12.1. The van der Waals surface area contributed by atoms with Gasteiger partial charge in [-0.05, 0) is 43.7 Å². The second-order valence-electron chi connectivity index (χ2n) is 6.06. The molecule has 0 aliphatic carbocycles. The molecule has 1 amide bonds. The van der Waals surface area contributed by atoms with Crippen LogP contribution in [0.3, 0.4) is 0 Å². The number of nitrogens with one attached hydrogen (secondary N) is 1. The second-order valence-corrected chi connectivity index (χ2v) is 6.06. The average molecular weight is 369 g/mol. The lowest BCUT2D eigenvalue weighted by molar-refractivity contribution is 0.0921. The Labute approximate surface area is 157 Å². The van der Waals surface area contributed by atoms with Crippen molar-refractivity contribution in [3.63, 3.8) is 0 Å². The molecule has 27 heavy (non-hydrogen) atoms. The van der Waals surface area contributed by atoms with Crippen LogP contribution in [0.25, 0.3) is 0 Å². The van der Waals surface area contributed by atoms with Gasteiger partial charge in [-0.1, -0.05) is 6.07 Å². The summed E-state index contributed by atoms with van der Waals surface area (Å²) >= 11 is 0. The zero-order valence-electron chi connectivity index (χ0n) is 15.5. The molecular formula is C20H23N3O4. The van der Waals surface area contributed by atoms with Crippen molar-refractivity contribution < 1.29 is 18.7 Å². The fourth-order valence-corrected chi connectivity index (χ4v) is 2.54. The molecule has 0 aliphatic rings. The van der Waals surface area contributed by atoms with Crippen molar-refractivity contribution >= 4 is 5.91 Å². The minimum absolute atomic E-state index is 0.235. The number of nitrogens with zero attached hydrogens (tertiary/aromatic N) is 2. The van der Waals surface area contributed by atoms with Crippen molar-refractivity contribution in [2.45, 2.75) is 26.5 Å². The highest BCUT2D eigenvalue weighted by Crippen LogP contribution is 2.20. The molecule has 0 bridgehead atoms. The number of carbonyl (C=O) groups is 1. The van der Waals surface area contributed by atoms with Gasteiger partial charge in [-0.3, -0.25) is 9.48 Å². The van der Waals surface area contributed by atoms with Crippen LogP contribution >= 0.6 is 0 Å². The van der Waals surface area contributed by atoms with Crippen LogP contribution < -0.4 is 14.8 Å². The first-order chi connectivity index (χ1) is 13.1. The quantitative estimate of drug-likeness (QED) is 0.586. The van der Waals surface area contributed by atoms with E-state index in [1.807, 2.05) is 42.1 Å². The summed E-state index contributed by atoms with van der Waals surface area (Å²) in [6.07, 6.45) is 2.72. The van der Waals surface area contributed by atoms with Gasteiger partial charge in [0.25, 0.3) is 5.91 Å². The van der Waals surface area contributed by atoms with Crippen LogP contribution in [0.5, 0.6) is 11.5 Å².